The van der Waals surface area contributed by atoms with Gasteiger partial charge in [0.2, 0.25) is 0 Å². The first-order valence-electron chi connectivity index (χ1n) is 9.48. The third-order valence-electron chi connectivity index (χ3n) is 5.99. The summed E-state index contributed by atoms with van der Waals surface area (Å²) >= 11 is 13.8. The molecule has 1 N–H and O–H groups in total. The Kier molecular flexibility index (Phi) is 5.96. The second kappa shape index (κ2) is 8.11. The number of aliphatic hydroxyl groups excluding tert-OH is 1. The third-order valence-corrected chi connectivity index (χ3v) is 7.30. The molecule has 1 aromatic heterocycles. The van der Waals surface area contributed by atoms with Crippen molar-refractivity contribution < 1.29 is 5.11 Å². The van der Waals surface area contributed by atoms with E-state index in [1.807, 2.05) is 19.2 Å². The Balaban J connectivity index is 1.79. The van der Waals surface area contributed by atoms with E-state index in [0.29, 0.717) is 5.92 Å². The standard InChI is InChI=1S/C21H23Br2ClN2O/c1-12(27)26-6-4-13(5-7-26)20-19-14(9-17(24)10-18(19)23)2-3-15-8-16(22)11-25-21(15)20/h8-13,20,27H,2-7H2,1H3/t12?,20-/m1/s1. The van der Waals surface area contributed by atoms with Crippen molar-refractivity contribution in [2.24, 2.45) is 5.92 Å². The van der Waals surface area contributed by atoms with Crippen molar-refractivity contribution in [2.75, 3.05) is 13.1 Å². The molecule has 0 saturated carbocycles. The first kappa shape index (κ1) is 19.8. The number of fused-ring (bicyclic) bond motifs is 2. The van der Waals surface area contributed by atoms with Crippen LogP contribution in [0.5, 0.6) is 0 Å². The molecule has 1 saturated heterocycles. The highest BCUT2D eigenvalue weighted by Crippen LogP contribution is 2.46. The van der Waals surface area contributed by atoms with Gasteiger partial charge in [0.1, 0.15) is 6.23 Å². The monoisotopic (exact) mass is 512 g/mol. The summed E-state index contributed by atoms with van der Waals surface area (Å²) in [4.78, 5) is 7.04. The smallest absolute Gasteiger partial charge is 0.104 e. The van der Waals surface area contributed by atoms with Crippen LogP contribution in [0.15, 0.2) is 33.3 Å². The summed E-state index contributed by atoms with van der Waals surface area (Å²) in [6.07, 6.45) is 5.61. The number of aromatic nitrogens is 1. The SMILES string of the molecule is CC(O)N1CCC([C@H]2c3ncc(Br)cc3CCc3cc(Cl)cc(Br)c32)CC1. The van der Waals surface area contributed by atoms with Gasteiger partial charge in [0.25, 0.3) is 0 Å². The van der Waals surface area contributed by atoms with Gasteiger partial charge in [-0.25, -0.2) is 0 Å². The van der Waals surface area contributed by atoms with Crippen LogP contribution < -0.4 is 0 Å². The second-order valence-electron chi connectivity index (χ2n) is 7.64. The molecule has 27 heavy (non-hydrogen) atoms. The van der Waals surface area contributed by atoms with Crippen LogP contribution in [0.1, 0.15) is 48.1 Å². The Bertz CT molecular complexity index is 850. The molecule has 2 aliphatic rings. The van der Waals surface area contributed by atoms with Crippen LogP contribution >= 0.6 is 43.5 Å². The summed E-state index contributed by atoms with van der Waals surface area (Å²) in [6, 6.07) is 6.37. The average Bonchev–Trinajstić information content (AvgIpc) is 2.78. The maximum absolute atomic E-state index is 9.93. The van der Waals surface area contributed by atoms with E-state index in [2.05, 4.69) is 48.9 Å². The Hall–Kier alpha value is -0.460. The summed E-state index contributed by atoms with van der Waals surface area (Å²) in [5.41, 5.74) is 5.21. The number of likely N-dealkylation sites (tertiary alicyclic amines) is 1. The number of aliphatic hydroxyl groups is 1. The molecule has 2 atom stereocenters. The molecule has 1 unspecified atom stereocenters. The van der Waals surface area contributed by atoms with Gasteiger partial charge in [0.15, 0.2) is 0 Å². The van der Waals surface area contributed by atoms with Crippen LogP contribution in [0.25, 0.3) is 0 Å². The molecule has 144 valence electrons. The fraction of sp³-hybridized carbons (Fsp3) is 0.476. The maximum atomic E-state index is 9.93. The fourth-order valence-corrected chi connectivity index (χ4v) is 6.16. The molecule has 1 aliphatic heterocycles. The van der Waals surface area contributed by atoms with Gasteiger partial charge in [-0.05, 0) is 89.3 Å². The van der Waals surface area contributed by atoms with Crippen molar-refractivity contribution in [3.05, 3.63) is 60.7 Å². The van der Waals surface area contributed by atoms with Gasteiger partial charge in [-0.3, -0.25) is 9.88 Å². The Morgan fingerprint density at radius 1 is 1.15 bits per heavy atom. The lowest BCUT2D eigenvalue weighted by molar-refractivity contribution is -0.00487. The molecule has 0 bridgehead atoms. The largest absolute Gasteiger partial charge is 0.379 e. The zero-order valence-corrected chi connectivity index (χ0v) is 19.2. The van der Waals surface area contributed by atoms with Gasteiger partial charge < -0.3 is 5.11 Å². The van der Waals surface area contributed by atoms with Gasteiger partial charge in [-0.15, -0.1) is 0 Å². The molecule has 1 aliphatic carbocycles. The Morgan fingerprint density at radius 3 is 2.56 bits per heavy atom. The first-order valence-corrected chi connectivity index (χ1v) is 11.4. The minimum absolute atomic E-state index is 0.258. The molecule has 0 amide bonds. The number of rotatable bonds is 2. The first-order chi connectivity index (χ1) is 12.9. The summed E-state index contributed by atoms with van der Waals surface area (Å²) in [5.74, 6) is 0.759. The molecule has 2 aromatic rings. The van der Waals surface area contributed by atoms with Gasteiger partial charge in [-0.1, -0.05) is 27.5 Å². The van der Waals surface area contributed by atoms with Gasteiger partial charge in [-0.2, -0.15) is 0 Å². The van der Waals surface area contributed by atoms with Crippen molar-refractivity contribution >= 4 is 43.5 Å². The highest BCUT2D eigenvalue weighted by Gasteiger charge is 2.36. The lowest BCUT2D eigenvalue weighted by Gasteiger charge is -2.38. The molecule has 0 radical (unpaired) electrons. The van der Waals surface area contributed by atoms with Crippen molar-refractivity contribution in [1.29, 1.82) is 0 Å². The molecule has 2 heterocycles. The number of benzene rings is 1. The summed E-state index contributed by atoms with van der Waals surface area (Å²) in [7, 11) is 0. The number of halogens is 3. The van der Waals surface area contributed by atoms with Crippen LogP contribution in [0.4, 0.5) is 0 Å². The topological polar surface area (TPSA) is 36.4 Å². The van der Waals surface area contributed by atoms with E-state index >= 15 is 0 Å². The summed E-state index contributed by atoms with van der Waals surface area (Å²) in [5, 5.41) is 10.7. The number of nitrogens with zero attached hydrogens (tertiary/aromatic N) is 2. The van der Waals surface area contributed by atoms with E-state index in [4.69, 9.17) is 16.6 Å². The number of aryl methyl sites for hydroxylation is 2. The van der Waals surface area contributed by atoms with Crippen molar-refractivity contribution in [3.63, 3.8) is 0 Å². The van der Waals surface area contributed by atoms with E-state index < -0.39 is 0 Å². The zero-order valence-electron chi connectivity index (χ0n) is 15.3. The maximum Gasteiger partial charge on any atom is 0.104 e. The third kappa shape index (κ3) is 3.99. The molecule has 6 heteroatoms. The minimum atomic E-state index is -0.376. The second-order valence-corrected chi connectivity index (χ2v) is 9.85. The molecule has 1 fully saturated rings. The van der Waals surface area contributed by atoms with E-state index in [-0.39, 0.29) is 12.1 Å². The fourth-order valence-electron chi connectivity index (χ4n) is 4.66. The van der Waals surface area contributed by atoms with E-state index in [9.17, 15) is 5.11 Å². The van der Waals surface area contributed by atoms with Gasteiger partial charge >= 0.3 is 0 Å². The van der Waals surface area contributed by atoms with E-state index in [0.717, 1.165) is 52.7 Å². The quantitative estimate of drug-likeness (QED) is 0.572. The van der Waals surface area contributed by atoms with Crippen LogP contribution in [-0.2, 0) is 12.8 Å². The summed E-state index contributed by atoms with van der Waals surface area (Å²) in [6.45, 7) is 3.70. The number of piperidine rings is 1. The van der Waals surface area contributed by atoms with E-state index in [1.165, 1.54) is 22.4 Å². The summed E-state index contributed by atoms with van der Waals surface area (Å²) < 4.78 is 2.12. The molecule has 1 aromatic carbocycles. The normalized spacial score (nSPS) is 22.0. The number of hydrogen-bond acceptors (Lipinski definition) is 3. The van der Waals surface area contributed by atoms with Gasteiger partial charge in [0, 0.05) is 39.2 Å². The number of pyridine rings is 1. The molecule has 3 nitrogen and oxygen atoms in total. The zero-order chi connectivity index (χ0) is 19.1. The lowest BCUT2D eigenvalue weighted by atomic mass is 9.76. The van der Waals surface area contributed by atoms with Crippen molar-refractivity contribution in [2.45, 2.75) is 44.8 Å². The molecule has 0 spiro atoms. The van der Waals surface area contributed by atoms with E-state index in [1.54, 1.807) is 0 Å². The van der Waals surface area contributed by atoms with Crippen LogP contribution in [0.3, 0.4) is 0 Å². The van der Waals surface area contributed by atoms with Crippen LogP contribution in [0.2, 0.25) is 5.02 Å². The predicted octanol–water partition coefficient (Wildman–Crippen LogP) is 5.54. The molecular formula is C21H23Br2ClN2O. The van der Waals surface area contributed by atoms with Crippen molar-refractivity contribution in [3.8, 4) is 0 Å². The Morgan fingerprint density at radius 2 is 1.85 bits per heavy atom. The highest BCUT2D eigenvalue weighted by molar-refractivity contribution is 9.10. The average molecular weight is 515 g/mol. The number of hydrogen-bond donors (Lipinski definition) is 1. The van der Waals surface area contributed by atoms with Crippen LogP contribution in [-0.4, -0.2) is 34.3 Å². The van der Waals surface area contributed by atoms with Gasteiger partial charge in [0.05, 0.1) is 5.69 Å². The van der Waals surface area contributed by atoms with Crippen molar-refractivity contribution in [1.82, 2.24) is 9.88 Å². The molecule has 4 rings (SSSR count). The highest BCUT2D eigenvalue weighted by atomic mass is 79.9. The minimum Gasteiger partial charge on any atom is -0.379 e. The van der Waals surface area contributed by atoms with Crippen LogP contribution in [0, 0.1) is 5.92 Å². The predicted molar refractivity (Wildman–Crippen MR) is 116 cm³/mol. The Labute approximate surface area is 182 Å². The molecular weight excluding hydrogens is 492 g/mol. The lowest BCUT2D eigenvalue weighted by Crippen LogP contribution is -2.41.